The lowest BCUT2D eigenvalue weighted by atomic mass is 10.5. The summed E-state index contributed by atoms with van der Waals surface area (Å²) in [6.45, 7) is 0. The van der Waals surface area contributed by atoms with Crippen molar-refractivity contribution < 1.29 is 0 Å². The number of hydrazine groups is 1. The Morgan fingerprint density at radius 1 is 1.33 bits per heavy atom. The van der Waals surface area contributed by atoms with Crippen molar-refractivity contribution in [2.45, 2.75) is 0 Å². The normalized spacial score (nSPS) is 7.33. The lowest BCUT2D eigenvalue weighted by Crippen LogP contribution is -2.02. The van der Waals surface area contributed by atoms with Gasteiger partial charge < -0.3 is 4.98 Å². The van der Waals surface area contributed by atoms with E-state index in [9.17, 15) is 4.79 Å². The molecule has 1 aromatic rings. The lowest BCUT2D eigenvalue weighted by Gasteiger charge is -1.73. The molecule has 0 saturated carbocycles. The molecule has 4 heteroatoms. The molecule has 1 heterocycles. The van der Waals surface area contributed by atoms with Crippen LogP contribution in [0, 0.1) is 0 Å². The van der Waals surface area contributed by atoms with Crippen LogP contribution in [-0.2, 0) is 0 Å². The molecule has 1 aromatic heterocycles. The smallest absolute Gasteiger partial charge is 0.247 e. The van der Waals surface area contributed by atoms with Gasteiger partial charge in [0.2, 0.25) is 5.56 Å². The highest BCUT2D eigenvalue weighted by Gasteiger charge is 1.69. The van der Waals surface area contributed by atoms with Crippen LogP contribution in [0.25, 0.3) is 0 Å². The molecule has 0 atom stereocenters. The van der Waals surface area contributed by atoms with Crippen LogP contribution in [0.3, 0.4) is 0 Å². The number of rotatable bonds is 0. The molecular formula is C5H9N3O. The van der Waals surface area contributed by atoms with Gasteiger partial charge in [0.05, 0.1) is 0 Å². The first-order valence-corrected chi connectivity index (χ1v) is 2.36. The van der Waals surface area contributed by atoms with Gasteiger partial charge in [0.25, 0.3) is 0 Å². The number of nitrogens with one attached hydrogen (secondary N) is 1. The summed E-state index contributed by atoms with van der Waals surface area (Å²) in [6.07, 6.45) is 1.60. The summed E-state index contributed by atoms with van der Waals surface area (Å²) in [5.41, 5.74) is -0.0532. The fourth-order valence-electron chi connectivity index (χ4n) is 0.377. The van der Waals surface area contributed by atoms with Gasteiger partial charge in [-0.25, -0.2) is 0 Å². The first-order valence-electron chi connectivity index (χ1n) is 2.36. The summed E-state index contributed by atoms with van der Waals surface area (Å²) in [7, 11) is 0. The molecule has 0 radical (unpaired) electrons. The highest BCUT2D eigenvalue weighted by molar-refractivity contribution is 4.89. The molecule has 0 saturated heterocycles. The van der Waals surface area contributed by atoms with E-state index in [2.05, 4.69) is 16.7 Å². The Labute approximate surface area is 52.5 Å². The van der Waals surface area contributed by atoms with Gasteiger partial charge in [-0.15, -0.1) is 0 Å². The highest BCUT2D eigenvalue weighted by Crippen LogP contribution is 1.67. The van der Waals surface area contributed by atoms with E-state index in [0.717, 1.165) is 0 Å². The quantitative estimate of drug-likeness (QED) is 0.315. The second-order valence-electron chi connectivity index (χ2n) is 1.23. The molecule has 0 aliphatic carbocycles. The Balaban J connectivity index is 0.000000291. The summed E-state index contributed by atoms with van der Waals surface area (Å²) in [4.78, 5) is 12.7. The van der Waals surface area contributed by atoms with Gasteiger partial charge in [-0.2, -0.15) is 0 Å². The summed E-state index contributed by atoms with van der Waals surface area (Å²) in [6, 6.07) is 4.93. The third kappa shape index (κ3) is 3.45. The van der Waals surface area contributed by atoms with Crippen molar-refractivity contribution in [2.75, 3.05) is 0 Å². The van der Waals surface area contributed by atoms with Crippen LogP contribution in [0.4, 0.5) is 0 Å². The van der Waals surface area contributed by atoms with E-state index < -0.39 is 0 Å². The second-order valence-corrected chi connectivity index (χ2v) is 1.23. The topological polar surface area (TPSA) is 84.9 Å². The first-order chi connectivity index (χ1) is 4.39. The van der Waals surface area contributed by atoms with Gasteiger partial charge in [-0.3, -0.25) is 16.5 Å². The Morgan fingerprint density at radius 3 is 2.22 bits per heavy atom. The van der Waals surface area contributed by atoms with Gasteiger partial charge in [-0.1, -0.05) is 6.07 Å². The van der Waals surface area contributed by atoms with Crippen molar-refractivity contribution in [1.29, 1.82) is 0 Å². The molecular weight excluding hydrogens is 118 g/mol. The van der Waals surface area contributed by atoms with Crippen LogP contribution in [0.5, 0.6) is 0 Å². The number of hydrogen-bond acceptors (Lipinski definition) is 3. The number of pyridine rings is 1. The van der Waals surface area contributed by atoms with Crippen molar-refractivity contribution in [3.8, 4) is 0 Å². The van der Waals surface area contributed by atoms with E-state index in [1.807, 2.05) is 0 Å². The fourth-order valence-corrected chi connectivity index (χ4v) is 0.377. The highest BCUT2D eigenvalue weighted by atomic mass is 16.1. The van der Waals surface area contributed by atoms with Crippen LogP contribution >= 0.6 is 0 Å². The van der Waals surface area contributed by atoms with E-state index >= 15 is 0 Å². The molecule has 1 rings (SSSR count). The molecule has 0 aliphatic rings. The van der Waals surface area contributed by atoms with Gasteiger partial charge in [0, 0.05) is 12.3 Å². The lowest BCUT2D eigenvalue weighted by molar-refractivity contribution is 1.24. The van der Waals surface area contributed by atoms with E-state index in [1.165, 1.54) is 6.07 Å². The standard InChI is InChI=1S/C5H5NO.H4N2/c7-5-3-1-2-4-6-5;1-2/h1-4H,(H,6,7);1-2H2. The number of H-pyrrole nitrogens is 1. The molecule has 4 nitrogen and oxygen atoms in total. The van der Waals surface area contributed by atoms with Crippen molar-refractivity contribution >= 4 is 0 Å². The second kappa shape index (κ2) is 5.02. The van der Waals surface area contributed by atoms with Crippen molar-refractivity contribution in [3.63, 3.8) is 0 Å². The molecule has 0 fully saturated rings. The van der Waals surface area contributed by atoms with Crippen LogP contribution < -0.4 is 17.2 Å². The summed E-state index contributed by atoms with van der Waals surface area (Å²) >= 11 is 0. The van der Waals surface area contributed by atoms with E-state index in [4.69, 9.17) is 0 Å². The number of aromatic nitrogens is 1. The van der Waals surface area contributed by atoms with Crippen molar-refractivity contribution in [2.24, 2.45) is 11.7 Å². The van der Waals surface area contributed by atoms with Gasteiger partial charge >= 0.3 is 0 Å². The third-order valence-electron chi connectivity index (χ3n) is 0.681. The average Bonchev–Trinajstić information content (AvgIpc) is 1.94. The zero-order valence-electron chi connectivity index (χ0n) is 4.87. The Kier molecular flexibility index (Phi) is 4.39. The minimum atomic E-state index is -0.0532. The molecule has 0 aromatic carbocycles. The predicted molar refractivity (Wildman–Crippen MR) is 35.4 cm³/mol. The van der Waals surface area contributed by atoms with Crippen molar-refractivity contribution in [1.82, 2.24) is 4.98 Å². The molecule has 5 N–H and O–H groups in total. The zero-order valence-corrected chi connectivity index (χ0v) is 4.87. The minimum Gasteiger partial charge on any atom is -0.329 e. The van der Waals surface area contributed by atoms with Crippen LogP contribution in [0.1, 0.15) is 0 Å². The number of nitrogens with two attached hydrogens (primary N) is 2. The van der Waals surface area contributed by atoms with Gasteiger partial charge in [0.15, 0.2) is 0 Å². The van der Waals surface area contributed by atoms with Crippen LogP contribution in [-0.4, -0.2) is 4.98 Å². The van der Waals surface area contributed by atoms with E-state index in [0.29, 0.717) is 0 Å². The average molecular weight is 127 g/mol. The molecule has 9 heavy (non-hydrogen) atoms. The van der Waals surface area contributed by atoms with Crippen LogP contribution in [0.2, 0.25) is 0 Å². The molecule has 0 spiro atoms. The van der Waals surface area contributed by atoms with E-state index in [1.54, 1.807) is 18.3 Å². The van der Waals surface area contributed by atoms with E-state index in [-0.39, 0.29) is 5.56 Å². The minimum absolute atomic E-state index is 0.0532. The number of hydrogen-bond donors (Lipinski definition) is 3. The van der Waals surface area contributed by atoms with Gasteiger partial charge in [0.1, 0.15) is 0 Å². The Morgan fingerprint density at radius 2 is 2.00 bits per heavy atom. The monoisotopic (exact) mass is 127 g/mol. The zero-order chi connectivity index (χ0) is 7.11. The van der Waals surface area contributed by atoms with Crippen molar-refractivity contribution in [3.05, 3.63) is 34.7 Å². The predicted octanol–water partition coefficient (Wildman–Crippen LogP) is -0.806. The Hall–Kier alpha value is -1.13. The first kappa shape index (κ1) is 7.87. The summed E-state index contributed by atoms with van der Waals surface area (Å²) in [5.74, 6) is 8.00. The number of aromatic amines is 1. The maximum absolute atomic E-state index is 10.2. The molecule has 0 unspecified atom stereocenters. The summed E-state index contributed by atoms with van der Waals surface area (Å²) in [5, 5.41) is 0. The largest absolute Gasteiger partial charge is 0.329 e. The SMILES string of the molecule is NN.O=c1cccc[nH]1. The molecule has 0 amide bonds. The maximum atomic E-state index is 10.2. The third-order valence-corrected chi connectivity index (χ3v) is 0.681. The fraction of sp³-hybridized carbons (Fsp3) is 0. The van der Waals surface area contributed by atoms with Crippen LogP contribution in [0.15, 0.2) is 29.2 Å². The maximum Gasteiger partial charge on any atom is 0.247 e. The summed E-state index contributed by atoms with van der Waals surface area (Å²) < 4.78 is 0. The molecule has 50 valence electrons. The molecule has 0 bridgehead atoms. The Bertz CT molecular complexity index is 178. The molecule has 0 aliphatic heterocycles. The van der Waals surface area contributed by atoms with Gasteiger partial charge in [-0.05, 0) is 6.07 Å².